The Bertz CT molecular complexity index is 377. The molecule has 3 nitrogen and oxygen atoms in total. The van der Waals surface area contributed by atoms with Crippen LogP contribution in [0, 0.1) is 11.3 Å². The number of benzene rings is 1. The van der Waals surface area contributed by atoms with E-state index in [0.717, 1.165) is 0 Å². The summed E-state index contributed by atoms with van der Waals surface area (Å²) in [6, 6.07) is 6.14. The molecule has 0 saturated heterocycles. The molecule has 0 bridgehead atoms. The number of halogens is 1. The van der Waals surface area contributed by atoms with Crippen molar-refractivity contribution in [2.24, 2.45) is 0 Å². The summed E-state index contributed by atoms with van der Waals surface area (Å²) < 4.78 is 21.5. The molecule has 1 aromatic carbocycles. The fraction of sp³-hybridized carbons (Fsp3) is 0. The molecule has 0 radical (unpaired) electrons. The van der Waals surface area contributed by atoms with Gasteiger partial charge in [-0.1, -0.05) is 0 Å². The van der Waals surface area contributed by atoms with Crippen molar-refractivity contribution in [2.75, 3.05) is 0 Å². The third-order valence-electron chi connectivity index (χ3n) is 1.25. The Morgan fingerprint density at radius 2 is 2.15 bits per heavy atom. The molecule has 1 aromatic rings. The summed E-state index contributed by atoms with van der Waals surface area (Å²) in [6.45, 7) is 0. The summed E-state index contributed by atoms with van der Waals surface area (Å²) in [7, 11) is 0. The molecular weight excluding hydrogens is 265 g/mol. The zero-order valence-corrected chi connectivity index (χ0v) is 11.2. The van der Waals surface area contributed by atoms with Crippen LogP contribution in [0.2, 0.25) is 0 Å². The van der Waals surface area contributed by atoms with Crippen molar-refractivity contribution in [3.63, 3.8) is 0 Å². The van der Waals surface area contributed by atoms with E-state index in [0.29, 0.717) is 10.0 Å². The van der Waals surface area contributed by atoms with Gasteiger partial charge in [0.15, 0.2) is 0 Å². The standard InChI is InChI=1S/C7H4BrNO2S.Na/c8-7-2-1-6(12(10)11)3-5(7)4-9;/h1-3H,(H,10,11);/q;+1/p-1. The van der Waals surface area contributed by atoms with E-state index in [4.69, 9.17) is 5.26 Å². The van der Waals surface area contributed by atoms with E-state index >= 15 is 0 Å². The maximum atomic E-state index is 10.5. The maximum Gasteiger partial charge on any atom is 1.00 e. The van der Waals surface area contributed by atoms with Gasteiger partial charge in [0, 0.05) is 9.37 Å². The molecule has 0 saturated carbocycles. The molecular formula is C7H3BrNNaO2S. The van der Waals surface area contributed by atoms with E-state index in [2.05, 4.69) is 15.9 Å². The Hall–Kier alpha value is 0.300. The Balaban J connectivity index is 0.00000144. The number of hydrogen-bond acceptors (Lipinski definition) is 3. The monoisotopic (exact) mass is 267 g/mol. The van der Waals surface area contributed by atoms with E-state index in [9.17, 15) is 8.76 Å². The van der Waals surface area contributed by atoms with E-state index in [-0.39, 0.29) is 34.5 Å². The van der Waals surface area contributed by atoms with Crippen LogP contribution in [0.25, 0.3) is 0 Å². The molecule has 1 rings (SSSR count). The zero-order valence-electron chi connectivity index (χ0n) is 6.78. The normalized spacial score (nSPS) is 11.2. The molecule has 13 heavy (non-hydrogen) atoms. The number of hydrogen-bond donors (Lipinski definition) is 0. The largest absolute Gasteiger partial charge is 1.00 e. The first-order valence-electron chi connectivity index (χ1n) is 2.94. The van der Waals surface area contributed by atoms with Gasteiger partial charge in [0.2, 0.25) is 0 Å². The maximum absolute atomic E-state index is 10.5. The Labute approximate surface area is 109 Å². The minimum absolute atomic E-state index is 0. The van der Waals surface area contributed by atoms with Gasteiger partial charge in [0.05, 0.1) is 5.56 Å². The van der Waals surface area contributed by atoms with E-state index < -0.39 is 11.1 Å². The van der Waals surface area contributed by atoms with Gasteiger partial charge in [-0.05, 0) is 45.2 Å². The smallest absolute Gasteiger partial charge is 0.768 e. The van der Waals surface area contributed by atoms with Crippen molar-refractivity contribution in [3.05, 3.63) is 28.2 Å². The second kappa shape index (κ2) is 5.91. The molecule has 0 aromatic heterocycles. The topological polar surface area (TPSA) is 63.9 Å². The predicted octanol–water partition coefficient (Wildman–Crippen LogP) is -1.44. The molecule has 1 atom stereocenters. The van der Waals surface area contributed by atoms with Crippen LogP contribution in [-0.4, -0.2) is 8.76 Å². The molecule has 0 spiro atoms. The van der Waals surface area contributed by atoms with Crippen LogP contribution in [0.3, 0.4) is 0 Å². The molecule has 0 aliphatic carbocycles. The summed E-state index contributed by atoms with van der Waals surface area (Å²) in [6.07, 6.45) is 0. The number of nitriles is 1. The number of nitrogens with zero attached hydrogens (tertiary/aromatic N) is 1. The van der Waals surface area contributed by atoms with Gasteiger partial charge in [0.1, 0.15) is 6.07 Å². The number of rotatable bonds is 1. The van der Waals surface area contributed by atoms with Crippen molar-refractivity contribution in [1.29, 1.82) is 5.26 Å². The first-order chi connectivity index (χ1) is 5.65. The van der Waals surface area contributed by atoms with Gasteiger partial charge >= 0.3 is 29.6 Å². The van der Waals surface area contributed by atoms with Crippen LogP contribution >= 0.6 is 15.9 Å². The molecule has 0 fully saturated rings. The molecule has 0 aliphatic rings. The first kappa shape index (κ1) is 13.3. The Morgan fingerprint density at radius 1 is 1.54 bits per heavy atom. The summed E-state index contributed by atoms with van der Waals surface area (Å²) in [5.41, 5.74) is 0.316. The summed E-state index contributed by atoms with van der Waals surface area (Å²) in [5, 5.41) is 8.54. The third kappa shape index (κ3) is 3.50. The van der Waals surface area contributed by atoms with Crippen LogP contribution in [0.5, 0.6) is 0 Å². The summed E-state index contributed by atoms with van der Waals surface area (Å²) >= 11 is 0.845. The summed E-state index contributed by atoms with van der Waals surface area (Å²) in [4.78, 5) is 0.120. The Morgan fingerprint density at radius 3 is 2.62 bits per heavy atom. The minimum atomic E-state index is -2.27. The van der Waals surface area contributed by atoms with Crippen molar-refractivity contribution in [3.8, 4) is 6.07 Å². The van der Waals surface area contributed by atoms with Crippen LogP contribution in [0.15, 0.2) is 27.6 Å². The quantitative estimate of drug-likeness (QED) is 0.463. The predicted molar refractivity (Wildman–Crippen MR) is 46.0 cm³/mol. The van der Waals surface area contributed by atoms with Crippen LogP contribution in [0.4, 0.5) is 0 Å². The first-order valence-corrected chi connectivity index (χ1v) is 4.81. The van der Waals surface area contributed by atoms with Crippen LogP contribution < -0.4 is 29.6 Å². The van der Waals surface area contributed by atoms with Crippen molar-refractivity contribution < 1.29 is 38.3 Å². The molecule has 1 unspecified atom stereocenters. The second-order valence-corrected chi connectivity index (χ2v) is 3.78. The second-order valence-electron chi connectivity index (χ2n) is 1.99. The molecule has 0 amide bonds. The van der Waals surface area contributed by atoms with Gasteiger partial charge in [0.25, 0.3) is 0 Å². The Kier molecular flexibility index (Phi) is 6.05. The summed E-state index contributed by atoms with van der Waals surface area (Å²) in [5.74, 6) is 0. The van der Waals surface area contributed by atoms with Crippen LogP contribution in [-0.2, 0) is 11.1 Å². The van der Waals surface area contributed by atoms with Gasteiger partial charge in [-0.15, -0.1) is 0 Å². The minimum Gasteiger partial charge on any atom is -0.768 e. The molecule has 0 aliphatic heterocycles. The van der Waals surface area contributed by atoms with Crippen molar-refractivity contribution >= 4 is 27.0 Å². The van der Waals surface area contributed by atoms with Gasteiger partial charge in [-0.25, -0.2) is 0 Å². The van der Waals surface area contributed by atoms with Gasteiger partial charge in [-0.3, -0.25) is 4.21 Å². The van der Waals surface area contributed by atoms with E-state index in [1.54, 1.807) is 0 Å². The SMILES string of the molecule is N#Cc1cc(S(=O)[O-])ccc1Br.[Na+]. The molecule has 0 heterocycles. The van der Waals surface area contributed by atoms with Crippen LogP contribution in [0.1, 0.15) is 5.56 Å². The average Bonchev–Trinajstić information content (AvgIpc) is 2.05. The molecule has 62 valence electrons. The zero-order chi connectivity index (χ0) is 9.14. The van der Waals surface area contributed by atoms with E-state index in [1.807, 2.05) is 6.07 Å². The average molecular weight is 268 g/mol. The van der Waals surface area contributed by atoms with Gasteiger partial charge < -0.3 is 4.55 Å². The van der Waals surface area contributed by atoms with E-state index in [1.165, 1.54) is 18.2 Å². The fourth-order valence-electron chi connectivity index (χ4n) is 0.694. The molecule has 0 N–H and O–H groups in total. The van der Waals surface area contributed by atoms with Crippen molar-refractivity contribution in [1.82, 2.24) is 0 Å². The fourth-order valence-corrected chi connectivity index (χ4v) is 1.42. The van der Waals surface area contributed by atoms with Crippen molar-refractivity contribution in [2.45, 2.75) is 4.90 Å². The molecule has 6 heteroatoms. The van der Waals surface area contributed by atoms with Gasteiger partial charge in [-0.2, -0.15) is 5.26 Å². The third-order valence-corrected chi connectivity index (χ3v) is 2.58.